The topological polar surface area (TPSA) is 34.1 Å². The molecule has 0 saturated heterocycles. The van der Waals surface area contributed by atoms with Gasteiger partial charge in [-0.2, -0.15) is 0 Å². The van der Waals surface area contributed by atoms with Gasteiger partial charge in [-0.3, -0.25) is 9.59 Å². The van der Waals surface area contributed by atoms with E-state index in [1.165, 1.54) is 0 Å². The molecule has 0 amide bonds. The highest BCUT2D eigenvalue weighted by Gasteiger charge is 2.56. The molecule has 0 spiro atoms. The summed E-state index contributed by atoms with van der Waals surface area (Å²) in [5.41, 5.74) is 0.888. The molecule has 68 valence electrons. The molecule has 0 aromatic carbocycles. The third-order valence-corrected chi connectivity index (χ3v) is 3.96. The monoisotopic (exact) mass is 176 g/mol. The Hall–Kier alpha value is -0.920. The average molecular weight is 176 g/mol. The van der Waals surface area contributed by atoms with Gasteiger partial charge in [0.1, 0.15) is 5.78 Å². The summed E-state index contributed by atoms with van der Waals surface area (Å²) in [7, 11) is 0. The standard InChI is InChI=1S/C11H12O2/c1-5-2-7-6-3-8(9(12)4-6)10(7)11(5)13/h2,6-8,10H,3-4H2,1H3. The van der Waals surface area contributed by atoms with Crippen molar-refractivity contribution < 1.29 is 9.59 Å². The number of rotatable bonds is 0. The van der Waals surface area contributed by atoms with Crippen molar-refractivity contribution >= 4 is 11.6 Å². The summed E-state index contributed by atoms with van der Waals surface area (Å²) in [6.45, 7) is 1.88. The molecule has 0 radical (unpaired) electrons. The minimum atomic E-state index is 0.0475. The maximum atomic E-state index is 11.7. The smallest absolute Gasteiger partial charge is 0.162 e. The molecule has 0 aromatic heterocycles. The van der Waals surface area contributed by atoms with Crippen LogP contribution >= 0.6 is 0 Å². The SMILES string of the molecule is CC1=CC2C3CC(=O)C(C3)C2C1=O. The molecule has 3 aliphatic rings. The van der Waals surface area contributed by atoms with Gasteiger partial charge in [0.15, 0.2) is 5.78 Å². The van der Waals surface area contributed by atoms with E-state index in [0.717, 1.165) is 18.4 Å². The highest BCUT2D eigenvalue weighted by molar-refractivity contribution is 6.04. The lowest BCUT2D eigenvalue weighted by atomic mass is 9.80. The van der Waals surface area contributed by atoms with Crippen molar-refractivity contribution in [3.05, 3.63) is 11.6 Å². The van der Waals surface area contributed by atoms with Crippen LogP contribution in [0.3, 0.4) is 0 Å². The van der Waals surface area contributed by atoms with E-state index in [1.807, 2.05) is 6.92 Å². The third kappa shape index (κ3) is 0.742. The van der Waals surface area contributed by atoms with Crippen molar-refractivity contribution in [2.24, 2.45) is 23.7 Å². The van der Waals surface area contributed by atoms with Crippen LogP contribution in [0.15, 0.2) is 11.6 Å². The van der Waals surface area contributed by atoms with Gasteiger partial charge < -0.3 is 0 Å². The van der Waals surface area contributed by atoms with Gasteiger partial charge in [-0.05, 0) is 30.8 Å². The maximum Gasteiger partial charge on any atom is 0.162 e. The highest BCUT2D eigenvalue weighted by Crippen LogP contribution is 2.54. The molecule has 2 heteroatoms. The zero-order chi connectivity index (χ0) is 9.16. The van der Waals surface area contributed by atoms with E-state index in [0.29, 0.717) is 17.6 Å². The average Bonchev–Trinajstić information content (AvgIpc) is 2.66. The minimum Gasteiger partial charge on any atom is -0.299 e. The summed E-state index contributed by atoms with van der Waals surface area (Å²) >= 11 is 0. The van der Waals surface area contributed by atoms with Crippen LogP contribution < -0.4 is 0 Å². The number of carbonyl (C=O) groups is 2. The van der Waals surface area contributed by atoms with Gasteiger partial charge in [0.05, 0.1) is 0 Å². The van der Waals surface area contributed by atoms with Crippen LogP contribution in [-0.2, 0) is 9.59 Å². The second-order valence-corrected chi connectivity index (χ2v) is 4.59. The van der Waals surface area contributed by atoms with Gasteiger partial charge in [-0.15, -0.1) is 0 Å². The van der Waals surface area contributed by atoms with Gasteiger partial charge >= 0.3 is 0 Å². The van der Waals surface area contributed by atoms with Crippen LogP contribution in [0.1, 0.15) is 19.8 Å². The summed E-state index contributed by atoms with van der Waals surface area (Å²) in [4.78, 5) is 23.2. The summed E-state index contributed by atoms with van der Waals surface area (Å²) in [5.74, 6) is 1.61. The van der Waals surface area contributed by atoms with Crippen LogP contribution in [0.4, 0.5) is 0 Å². The van der Waals surface area contributed by atoms with Crippen molar-refractivity contribution in [2.75, 3.05) is 0 Å². The lowest BCUT2D eigenvalue weighted by molar-refractivity contribution is -0.130. The molecule has 0 aromatic rings. The molecule has 2 fully saturated rings. The number of Topliss-reactive ketones (excluding diaryl/α,β-unsaturated/α-hetero) is 2. The quantitative estimate of drug-likeness (QED) is 0.558. The molecular formula is C11H12O2. The highest BCUT2D eigenvalue weighted by atomic mass is 16.1. The second kappa shape index (κ2) is 2.11. The Morgan fingerprint density at radius 3 is 2.92 bits per heavy atom. The number of hydrogen-bond donors (Lipinski definition) is 0. The lowest BCUT2D eigenvalue weighted by Gasteiger charge is -2.21. The van der Waals surface area contributed by atoms with Crippen molar-refractivity contribution in [1.29, 1.82) is 0 Å². The van der Waals surface area contributed by atoms with Gasteiger partial charge in [-0.1, -0.05) is 6.08 Å². The first-order valence-electron chi connectivity index (χ1n) is 4.94. The Kier molecular flexibility index (Phi) is 1.22. The number of carbonyl (C=O) groups excluding carboxylic acids is 2. The molecule has 13 heavy (non-hydrogen) atoms. The maximum absolute atomic E-state index is 11.7. The van der Waals surface area contributed by atoms with E-state index in [-0.39, 0.29) is 17.6 Å². The summed E-state index contributed by atoms with van der Waals surface area (Å²) < 4.78 is 0. The van der Waals surface area contributed by atoms with E-state index in [1.54, 1.807) is 0 Å². The fourth-order valence-electron chi connectivity index (χ4n) is 3.38. The van der Waals surface area contributed by atoms with Crippen LogP contribution in [0.25, 0.3) is 0 Å². The van der Waals surface area contributed by atoms with E-state index < -0.39 is 0 Å². The Morgan fingerprint density at radius 2 is 2.15 bits per heavy atom. The second-order valence-electron chi connectivity index (χ2n) is 4.59. The van der Waals surface area contributed by atoms with Crippen LogP contribution in [0.2, 0.25) is 0 Å². The molecule has 2 nitrogen and oxygen atoms in total. The van der Waals surface area contributed by atoms with E-state index in [4.69, 9.17) is 0 Å². The van der Waals surface area contributed by atoms with Crippen molar-refractivity contribution in [1.82, 2.24) is 0 Å². The predicted molar refractivity (Wildman–Crippen MR) is 47.0 cm³/mol. The Bertz CT molecular complexity index is 340. The zero-order valence-corrected chi connectivity index (χ0v) is 7.62. The minimum absolute atomic E-state index is 0.0475. The third-order valence-electron chi connectivity index (χ3n) is 3.96. The van der Waals surface area contributed by atoms with Gasteiger partial charge in [0.2, 0.25) is 0 Å². The van der Waals surface area contributed by atoms with Crippen molar-refractivity contribution in [3.63, 3.8) is 0 Å². The molecule has 0 N–H and O–H groups in total. The van der Waals surface area contributed by atoms with E-state index in [2.05, 4.69) is 6.08 Å². The van der Waals surface area contributed by atoms with Gasteiger partial charge in [0.25, 0.3) is 0 Å². The van der Waals surface area contributed by atoms with E-state index in [9.17, 15) is 9.59 Å². The van der Waals surface area contributed by atoms with Gasteiger partial charge in [0, 0.05) is 18.3 Å². The molecule has 0 heterocycles. The van der Waals surface area contributed by atoms with Crippen LogP contribution in [-0.4, -0.2) is 11.6 Å². The largest absolute Gasteiger partial charge is 0.299 e. The fourth-order valence-corrected chi connectivity index (χ4v) is 3.38. The number of hydrogen-bond acceptors (Lipinski definition) is 2. The Balaban J connectivity index is 2.04. The predicted octanol–water partition coefficient (Wildman–Crippen LogP) is 1.36. The van der Waals surface area contributed by atoms with Gasteiger partial charge in [-0.25, -0.2) is 0 Å². The molecule has 4 atom stereocenters. The summed E-state index contributed by atoms with van der Waals surface area (Å²) in [5, 5.41) is 0. The van der Waals surface area contributed by atoms with Crippen molar-refractivity contribution in [3.8, 4) is 0 Å². The molecule has 3 rings (SSSR count). The Labute approximate surface area is 77.0 Å². The first-order chi connectivity index (χ1) is 6.18. The molecule has 0 aliphatic heterocycles. The molecule has 2 bridgehead atoms. The molecule has 3 aliphatic carbocycles. The summed E-state index contributed by atoms with van der Waals surface area (Å²) in [6, 6.07) is 0. The van der Waals surface area contributed by atoms with E-state index >= 15 is 0 Å². The molecule has 4 unspecified atom stereocenters. The van der Waals surface area contributed by atoms with Crippen LogP contribution in [0, 0.1) is 23.7 Å². The number of allylic oxidation sites excluding steroid dienone is 2. The fraction of sp³-hybridized carbons (Fsp3) is 0.636. The lowest BCUT2D eigenvalue weighted by Crippen LogP contribution is -2.29. The summed E-state index contributed by atoms with van der Waals surface area (Å²) in [6.07, 6.45) is 3.80. The normalized spacial score (nSPS) is 47.0. The first kappa shape index (κ1) is 7.48. The first-order valence-corrected chi connectivity index (χ1v) is 4.94. The van der Waals surface area contributed by atoms with Crippen molar-refractivity contribution in [2.45, 2.75) is 19.8 Å². The number of fused-ring (bicyclic) bond motifs is 5. The number of ketones is 2. The zero-order valence-electron chi connectivity index (χ0n) is 7.62. The molecular weight excluding hydrogens is 164 g/mol. The Morgan fingerprint density at radius 1 is 1.38 bits per heavy atom. The van der Waals surface area contributed by atoms with Crippen LogP contribution in [0.5, 0.6) is 0 Å². The molecule has 2 saturated carbocycles.